The summed E-state index contributed by atoms with van der Waals surface area (Å²) in [6, 6.07) is 13.0. The molecule has 4 heterocycles. The van der Waals surface area contributed by atoms with Crippen LogP contribution in [-0.2, 0) is 27.4 Å². The third-order valence-corrected chi connectivity index (χ3v) is 7.83. The second kappa shape index (κ2) is 9.49. The molecule has 1 spiro atoms. The van der Waals surface area contributed by atoms with Gasteiger partial charge in [-0.2, -0.15) is 0 Å². The Kier molecular flexibility index (Phi) is 6.29. The molecule has 1 amide bonds. The number of hydrogen-bond donors (Lipinski definition) is 0. The van der Waals surface area contributed by atoms with E-state index in [1.165, 1.54) is 11.1 Å². The smallest absolute Gasteiger partial charge is 0.410 e. The molecule has 1 unspecified atom stereocenters. The van der Waals surface area contributed by atoms with E-state index >= 15 is 0 Å². The first kappa shape index (κ1) is 24.5. The van der Waals surface area contributed by atoms with Gasteiger partial charge in [0, 0.05) is 36.2 Å². The van der Waals surface area contributed by atoms with Crippen molar-refractivity contribution in [1.29, 1.82) is 0 Å². The fraction of sp³-hybridized carbons (Fsp3) is 0.552. The van der Waals surface area contributed by atoms with Crippen molar-refractivity contribution in [3.63, 3.8) is 0 Å². The summed E-state index contributed by atoms with van der Waals surface area (Å²) in [6.45, 7) is 10.8. The minimum absolute atomic E-state index is 0.0643. The van der Waals surface area contributed by atoms with Gasteiger partial charge in [0.2, 0.25) is 0 Å². The van der Waals surface area contributed by atoms with Crippen molar-refractivity contribution in [2.45, 2.75) is 58.5 Å². The van der Waals surface area contributed by atoms with E-state index in [0.717, 1.165) is 61.6 Å². The Bertz CT molecular complexity index is 1120. The highest BCUT2D eigenvalue weighted by Crippen LogP contribution is 2.45. The zero-order valence-corrected chi connectivity index (χ0v) is 22.0. The van der Waals surface area contributed by atoms with Crippen molar-refractivity contribution in [1.82, 2.24) is 9.80 Å². The molecule has 2 aromatic carbocycles. The quantitative estimate of drug-likeness (QED) is 0.588. The van der Waals surface area contributed by atoms with Crippen LogP contribution < -0.4 is 9.47 Å². The number of amides is 1. The molecular weight excluding hydrogens is 472 g/mol. The average molecular weight is 509 g/mol. The Morgan fingerprint density at radius 3 is 2.08 bits per heavy atom. The summed E-state index contributed by atoms with van der Waals surface area (Å²) in [6.07, 6.45) is 1.84. The molecular formula is C29H36N2O6. The molecule has 1 atom stereocenters. The van der Waals surface area contributed by atoms with Crippen LogP contribution >= 0.6 is 0 Å². The lowest BCUT2D eigenvalue weighted by atomic mass is 9.86. The normalized spacial score (nSPS) is 23.5. The van der Waals surface area contributed by atoms with Crippen molar-refractivity contribution in [2.75, 3.05) is 39.8 Å². The zero-order valence-electron chi connectivity index (χ0n) is 22.0. The van der Waals surface area contributed by atoms with Gasteiger partial charge in [0.1, 0.15) is 17.1 Å². The summed E-state index contributed by atoms with van der Waals surface area (Å²) in [5.41, 5.74) is 4.16. The van der Waals surface area contributed by atoms with Crippen molar-refractivity contribution >= 4 is 6.09 Å². The van der Waals surface area contributed by atoms with Gasteiger partial charge in [-0.25, -0.2) is 4.79 Å². The summed E-state index contributed by atoms with van der Waals surface area (Å²) in [5.74, 6) is 1.78. The third kappa shape index (κ3) is 5.02. The summed E-state index contributed by atoms with van der Waals surface area (Å²) in [4.78, 5) is 17.2. The van der Waals surface area contributed by atoms with Gasteiger partial charge in [-0.05, 0) is 75.5 Å². The molecule has 2 saturated heterocycles. The van der Waals surface area contributed by atoms with Crippen LogP contribution in [0.5, 0.6) is 11.5 Å². The fourth-order valence-corrected chi connectivity index (χ4v) is 6.11. The predicted molar refractivity (Wildman–Crippen MR) is 136 cm³/mol. The number of benzene rings is 2. The number of likely N-dealkylation sites (tertiary alicyclic amines) is 2. The van der Waals surface area contributed by atoms with Crippen molar-refractivity contribution in [2.24, 2.45) is 5.41 Å². The standard InChI is InChI=1S/C29H36N2O6/c1-28(2,3)37-27(32)31-11-9-29(17-31)8-10-30(16-29)26(20-4-6-24-22(12-20)14-33-18-35-24)21-5-7-25-23(13-21)15-34-19-36-25/h4-7,12-13,26H,8-11,14-19H2,1-3H3. The molecule has 0 aromatic heterocycles. The second-order valence-electron chi connectivity index (χ2n) is 11.7. The minimum Gasteiger partial charge on any atom is -0.467 e. The van der Waals surface area contributed by atoms with E-state index < -0.39 is 5.60 Å². The Hall–Kier alpha value is -2.81. The number of ether oxygens (including phenoxy) is 5. The third-order valence-electron chi connectivity index (χ3n) is 7.83. The van der Waals surface area contributed by atoms with Gasteiger partial charge < -0.3 is 28.6 Å². The molecule has 4 aliphatic rings. The van der Waals surface area contributed by atoms with Crippen LogP contribution in [0.3, 0.4) is 0 Å². The molecule has 198 valence electrons. The first-order valence-electron chi connectivity index (χ1n) is 13.2. The van der Waals surface area contributed by atoms with E-state index in [2.05, 4.69) is 41.3 Å². The molecule has 0 radical (unpaired) electrons. The van der Waals surface area contributed by atoms with E-state index in [-0.39, 0.29) is 17.6 Å². The van der Waals surface area contributed by atoms with E-state index in [4.69, 9.17) is 23.7 Å². The highest BCUT2D eigenvalue weighted by molar-refractivity contribution is 5.68. The number of fused-ring (bicyclic) bond motifs is 2. The summed E-state index contributed by atoms with van der Waals surface area (Å²) < 4.78 is 28.2. The number of nitrogens with zero attached hydrogens (tertiary/aromatic N) is 2. The number of rotatable bonds is 3. The zero-order chi connectivity index (χ0) is 25.6. The maximum atomic E-state index is 12.8. The Morgan fingerprint density at radius 2 is 1.49 bits per heavy atom. The second-order valence-corrected chi connectivity index (χ2v) is 11.7. The molecule has 37 heavy (non-hydrogen) atoms. The molecule has 0 saturated carbocycles. The van der Waals surface area contributed by atoms with Gasteiger partial charge in [-0.3, -0.25) is 4.90 Å². The van der Waals surface area contributed by atoms with Crippen molar-refractivity contribution in [3.8, 4) is 11.5 Å². The summed E-state index contributed by atoms with van der Waals surface area (Å²) in [5, 5.41) is 0. The largest absolute Gasteiger partial charge is 0.467 e. The SMILES string of the molecule is CC(C)(C)OC(=O)N1CCC2(CCN(C(c3ccc4c(c3)COCO4)c3ccc4c(c3)COCO4)C2)C1. The van der Waals surface area contributed by atoms with Gasteiger partial charge in [0.25, 0.3) is 0 Å². The van der Waals surface area contributed by atoms with Crippen LogP contribution in [0, 0.1) is 5.41 Å². The lowest BCUT2D eigenvalue weighted by Gasteiger charge is -2.32. The predicted octanol–water partition coefficient (Wildman–Crippen LogP) is 4.84. The van der Waals surface area contributed by atoms with Crippen LogP contribution in [0.15, 0.2) is 36.4 Å². The maximum absolute atomic E-state index is 12.8. The van der Waals surface area contributed by atoms with E-state index in [0.29, 0.717) is 26.8 Å². The van der Waals surface area contributed by atoms with Crippen LogP contribution in [0.2, 0.25) is 0 Å². The van der Waals surface area contributed by atoms with Gasteiger partial charge >= 0.3 is 6.09 Å². The van der Waals surface area contributed by atoms with Crippen molar-refractivity contribution in [3.05, 3.63) is 58.7 Å². The molecule has 8 heteroatoms. The Labute approximate surface area is 218 Å². The van der Waals surface area contributed by atoms with E-state index in [1.54, 1.807) is 0 Å². The maximum Gasteiger partial charge on any atom is 0.410 e. The number of carbonyl (C=O) groups excluding carboxylic acids is 1. The number of hydrogen-bond acceptors (Lipinski definition) is 7. The molecule has 6 rings (SSSR count). The first-order valence-corrected chi connectivity index (χ1v) is 13.2. The van der Waals surface area contributed by atoms with Crippen LogP contribution in [-0.4, -0.2) is 61.3 Å². The number of carbonyl (C=O) groups is 1. The highest BCUT2D eigenvalue weighted by Gasteiger charge is 2.47. The van der Waals surface area contributed by atoms with E-state index in [1.807, 2.05) is 25.7 Å². The van der Waals surface area contributed by atoms with Crippen LogP contribution in [0.1, 0.15) is 61.9 Å². The highest BCUT2D eigenvalue weighted by atomic mass is 16.7. The van der Waals surface area contributed by atoms with Gasteiger partial charge in [0.05, 0.1) is 19.3 Å². The summed E-state index contributed by atoms with van der Waals surface area (Å²) >= 11 is 0. The van der Waals surface area contributed by atoms with E-state index in [9.17, 15) is 4.79 Å². The summed E-state index contributed by atoms with van der Waals surface area (Å²) in [7, 11) is 0. The Balaban J connectivity index is 1.28. The van der Waals surface area contributed by atoms with Crippen LogP contribution in [0.4, 0.5) is 4.79 Å². The Morgan fingerprint density at radius 1 is 0.892 bits per heavy atom. The van der Waals surface area contributed by atoms with Crippen LogP contribution in [0.25, 0.3) is 0 Å². The topological polar surface area (TPSA) is 69.7 Å². The van der Waals surface area contributed by atoms with Crippen molar-refractivity contribution < 1.29 is 28.5 Å². The molecule has 2 fully saturated rings. The molecule has 0 bridgehead atoms. The molecule has 0 N–H and O–H groups in total. The molecule has 4 aliphatic heterocycles. The molecule has 2 aromatic rings. The lowest BCUT2D eigenvalue weighted by molar-refractivity contribution is -0.0164. The lowest BCUT2D eigenvalue weighted by Crippen LogP contribution is -2.38. The molecule has 8 nitrogen and oxygen atoms in total. The average Bonchev–Trinajstić information content (AvgIpc) is 3.49. The first-order chi connectivity index (χ1) is 17.8. The minimum atomic E-state index is -0.487. The van der Waals surface area contributed by atoms with Gasteiger partial charge in [-0.15, -0.1) is 0 Å². The molecule has 0 aliphatic carbocycles. The van der Waals surface area contributed by atoms with Gasteiger partial charge in [0.15, 0.2) is 13.6 Å². The van der Waals surface area contributed by atoms with Gasteiger partial charge in [-0.1, -0.05) is 12.1 Å². The monoisotopic (exact) mass is 508 g/mol. The fourth-order valence-electron chi connectivity index (χ4n) is 6.11.